The van der Waals surface area contributed by atoms with E-state index in [1.165, 1.54) is 30.5 Å². The monoisotopic (exact) mass is 408 g/mol. The summed E-state index contributed by atoms with van der Waals surface area (Å²) in [7, 11) is 1.78. The van der Waals surface area contributed by atoms with E-state index in [1.54, 1.807) is 13.4 Å². The van der Waals surface area contributed by atoms with Gasteiger partial charge in [-0.1, -0.05) is 19.3 Å². The van der Waals surface area contributed by atoms with Crippen LogP contribution in [0.5, 0.6) is 0 Å². The van der Waals surface area contributed by atoms with E-state index in [-0.39, 0.29) is 5.41 Å². The summed E-state index contributed by atoms with van der Waals surface area (Å²) in [6, 6.07) is 0. The minimum Gasteiger partial charge on any atom is -0.449 e. The third-order valence-corrected chi connectivity index (χ3v) is 6.65. The third-order valence-electron chi connectivity index (χ3n) is 6.65. The fourth-order valence-electron chi connectivity index (χ4n) is 5.33. The van der Waals surface area contributed by atoms with Crippen LogP contribution < -0.4 is 0 Å². The molecule has 2 aliphatic carbocycles. The molecule has 0 aliphatic heterocycles. The molecule has 3 aromatic rings. The first-order chi connectivity index (χ1) is 14.7. The number of rotatable bonds is 5. The minimum atomic E-state index is -0.139. The summed E-state index contributed by atoms with van der Waals surface area (Å²) in [5.41, 5.74) is 6.19. The van der Waals surface area contributed by atoms with Crippen molar-refractivity contribution in [2.45, 2.75) is 70.1 Å². The Labute approximate surface area is 175 Å². The van der Waals surface area contributed by atoms with Crippen LogP contribution in [-0.2, 0) is 23.0 Å². The van der Waals surface area contributed by atoms with Gasteiger partial charge >= 0.3 is 0 Å². The van der Waals surface area contributed by atoms with Gasteiger partial charge in [-0.15, -0.1) is 10.2 Å². The van der Waals surface area contributed by atoms with E-state index in [9.17, 15) is 0 Å². The molecule has 1 fully saturated rings. The van der Waals surface area contributed by atoms with Gasteiger partial charge in [-0.2, -0.15) is 5.21 Å². The predicted molar refractivity (Wildman–Crippen MR) is 111 cm³/mol. The first kappa shape index (κ1) is 19.4. The molecular weight excluding hydrogens is 380 g/mol. The molecule has 2 aliphatic rings. The lowest BCUT2D eigenvalue weighted by atomic mass is 9.78. The molecule has 158 valence electrons. The molecule has 3 aromatic heterocycles. The summed E-state index contributed by atoms with van der Waals surface area (Å²) in [6.07, 6.45) is 11.7. The second kappa shape index (κ2) is 7.91. The van der Waals surface area contributed by atoms with Crippen LogP contribution in [0, 0.1) is 6.92 Å². The minimum absolute atomic E-state index is 0.139. The lowest BCUT2D eigenvalue weighted by Gasteiger charge is -2.31. The Morgan fingerprint density at radius 1 is 1.07 bits per heavy atom. The number of nitrogens with one attached hydrogen (secondary N) is 1. The topological polar surface area (TPSA) is 103 Å². The molecule has 0 aromatic carbocycles. The third kappa shape index (κ3) is 3.23. The van der Waals surface area contributed by atoms with Gasteiger partial charge in [0.05, 0.1) is 17.9 Å². The quantitative estimate of drug-likeness (QED) is 0.638. The molecule has 0 amide bonds. The van der Waals surface area contributed by atoms with Crippen LogP contribution in [0.4, 0.5) is 0 Å². The number of aromatic nitrogens is 6. The van der Waals surface area contributed by atoms with Crippen LogP contribution in [0.25, 0.3) is 22.6 Å². The number of nitrogens with zero attached hydrogens (tertiary/aromatic N) is 5. The zero-order valence-corrected chi connectivity index (χ0v) is 17.7. The Kier molecular flexibility index (Phi) is 5.10. The van der Waals surface area contributed by atoms with E-state index in [4.69, 9.17) is 19.1 Å². The van der Waals surface area contributed by atoms with Crippen LogP contribution in [0.1, 0.15) is 67.8 Å². The van der Waals surface area contributed by atoms with E-state index in [0.717, 1.165) is 61.0 Å². The molecule has 0 unspecified atom stereocenters. The molecule has 1 N–H and O–H groups in total. The van der Waals surface area contributed by atoms with Gasteiger partial charge in [0.15, 0.2) is 5.89 Å². The van der Waals surface area contributed by atoms with Gasteiger partial charge in [0.1, 0.15) is 12.0 Å². The largest absolute Gasteiger partial charge is 0.449 e. The molecule has 1 saturated carbocycles. The summed E-state index contributed by atoms with van der Waals surface area (Å²) in [5.74, 6) is 1.22. The molecule has 0 atom stereocenters. The van der Waals surface area contributed by atoms with Gasteiger partial charge in [-0.05, 0) is 49.3 Å². The van der Waals surface area contributed by atoms with Crippen molar-refractivity contribution in [3.05, 3.63) is 29.1 Å². The number of hydrogen-bond acceptors (Lipinski definition) is 7. The molecule has 5 rings (SSSR count). The standard InChI is InChI=1S/C22H28N6O2/c1-14-23-17(12-30-14)18-15-8-4-3-5-9-16(15)24-20(19(18)21-25-27-28-26-21)22(13-29-2)10-6-7-11-22/h12H,3-11,13H2,1-2H3,(H,25,26,27,28). The van der Waals surface area contributed by atoms with Crippen LogP contribution in [0.15, 0.2) is 10.7 Å². The molecule has 30 heavy (non-hydrogen) atoms. The Morgan fingerprint density at radius 3 is 2.60 bits per heavy atom. The molecular formula is C22H28N6O2. The Morgan fingerprint density at radius 2 is 1.90 bits per heavy atom. The molecule has 0 spiro atoms. The highest BCUT2D eigenvalue weighted by Crippen LogP contribution is 2.48. The van der Waals surface area contributed by atoms with Crippen molar-refractivity contribution in [3.8, 4) is 22.6 Å². The van der Waals surface area contributed by atoms with Crippen molar-refractivity contribution in [1.29, 1.82) is 0 Å². The molecule has 3 heterocycles. The number of fused-ring (bicyclic) bond motifs is 1. The van der Waals surface area contributed by atoms with Crippen molar-refractivity contribution in [2.75, 3.05) is 13.7 Å². The maximum atomic E-state index is 5.74. The van der Waals surface area contributed by atoms with E-state index in [0.29, 0.717) is 18.3 Å². The van der Waals surface area contributed by atoms with E-state index in [1.807, 2.05) is 6.92 Å². The van der Waals surface area contributed by atoms with Gasteiger partial charge in [0.2, 0.25) is 5.82 Å². The summed E-state index contributed by atoms with van der Waals surface area (Å²) in [4.78, 5) is 10.0. The smallest absolute Gasteiger partial charge is 0.207 e. The van der Waals surface area contributed by atoms with E-state index >= 15 is 0 Å². The number of H-pyrrole nitrogens is 1. The van der Waals surface area contributed by atoms with Crippen molar-refractivity contribution >= 4 is 0 Å². The number of aromatic amines is 1. The summed E-state index contributed by atoms with van der Waals surface area (Å²) < 4.78 is 11.4. The van der Waals surface area contributed by atoms with Crippen molar-refractivity contribution in [3.63, 3.8) is 0 Å². The molecule has 8 heteroatoms. The lowest BCUT2D eigenvalue weighted by Crippen LogP contribution is -2.31. The summed E-state index contributed by atoms with van der Waals surface area (Å²) in [5, 5.41) is 15.3. The normalized spacial score (nSPS) is 18.3. The molecule has 0 bridgehead atoms. The molecule has 0 saturated heterocycles. The first-order valence-corrected chi connectivity index (χ1v) is 10.9. The molecule has 0 radical (unpaired) electrons. The maximum absolute atomic E-state index is 5.74. The maximum Gasteiger partial charge on any atom is 0.207 e. The highest BCUT2D eigenvalue weighted by Gasteiger charge is 2.42. The van der Waals surface area contributed by atoms with Gasteiger partial charge in [-0.3, -0.25) is 4.98 Å². The average Bonchev–Trinajstić information content (AvgIpc) is 3.48. The van der Waals surface area contributed by atoms with Crippen LogP contribution >= 0.6 is 0 Å². The fraction of sp³-hybridized carbons (Fsp3) is 0.591. The highest BCUT2D eigenvalue weighted by molar-refractivity contribution is 5.84. The number of hydrogen-bond donors (Lipinski definition) is 1. The Hall–Kier alpha value is -2.61. The van der Waals surface area contributed by atoms with Gasteiger partial charge in [-0.25, -0.2) is 4.98 Å². The first-order valence-electron chi connectivity index (χ1n) is 10.9. The number of aryl methyl sites for hydroxylation is 2. The molecule has 8 nitrogen and oxygen atoms in total. The summed E-state index contributed by atoms with van der Waals surface area (Å²) in [6.45, 7) is 2.52. The van der Waals surface area contributed by atoms with Gasteiger partial charge < -0.3 is 9.15 Å². The fourth-order valence-corrected chi connectivity index (χ4v) is 5.33. The SMILES string of the molecule is COCC1(c2nc3c(c(-c4coc(C)n4)c2-c2nn[nH]n2)CCCCC3)CCCC1. The number of tetrazole rings is 1. The Bertz CT molecular complexity index is 1020. The van der Waals surface area contributed by atoms with Gasteiger partial charge in [0, 0.05) is 30.7 Å². The van der Waals surface area contributed by atoms with Crippen molar-refractivity contribution in [2.24, 2.45) is 0 Å². The highest BCUT2D eigenvalue weighted by atomic mass is 16.5. The Balaban J connectivity index is 1.85. The van der Waals surface area contributed by atoms with Crippen LogP contribution in [-0.4, -0.2) is 44.3 Å². The van der Waals surface area contributed by atoms with Crippen LogP contribution in [0.3, 0.4) is 0 Å². The zero-order valence-electron chi connectivity index (χ0n) is 17.7. The number of methoxy groups -OCH3 is 1. The van der Waals surface area contributed by atoms with Gasteiger partial charge in [0.25, 0.3) is 0 Å². The van der Waals surface area contributed by atoms with Crippen molar-refractivity contribution in [1.82, 2.24) is 30.6 Å². The zero-order chi connectivity index (χ0) is 20.6. The number of oxazole rings is 1. The predicted octanol–water partition coefficient (Wildman–Crippen LogP) is 3.95. The second-order valence-electron chi connectivity index (χ2n) is 8.60. The van der Waals surface area contributed by atoms with Crippen molar-refractivity contribution < 1.29 is 9.15 Å². The van der Waals surface area contributed by atoms with E-state index < -0.39 is 0 Å². The van der Waals surface area contributed by atoms with E-state index in [2.05, 4.69) is 20.6 Å². The average molecular weight is 409 g/mol. The lowest BCUT2D eigenvalue weighted by molar-refractivity contribution is 0.129. The number of ether oxygens (including phenoxy) is 1. The summed E-state index contributed by atoms with van der Waals surface area (Å²) >= 11 is 0. The number of pyridine rings is 1. The van der Waals surface area contributed by atoms with Crippen LogP contribution in [0.2, 0.25) is 0 Å². The second-order valence-corrected chi connectivity index (χ2v) is 8.60.